The van der Waals surface area contributed by atoms with E-state index in [1.165, 1.54) is 12.8 Å². The summed E-state index contributed by atoms with van der Waals surface area (Å²) in [7, 11) is 0. The molecule has 0 bridgehead atoms. The van der Waals surface area contributed by atoms with Crippen molar-refractivity contribution in [3.05, 3.63) is 36.4 Å². The lowest BCUT2D eigenvalue weighted by molar-refractivity contribution is 0.307. The van der Waals surface area contributed by atoms with Gasteiger partial charge in [0, 0.05) is 16.7 Å². The van der Waals surface area contributed by atoms with Crippen molar-refractivity contribution in [2.24, 2.45) is 0 Å². The van der Waals surface area contributed by atoms with E-state index in [9.17, 15) is 0 Å². The Hall–Kier alpha value is -1.41. The Balaban J connectivity index is 2.02. The van der Waals surface area contributed by atoms with Crippen molar-refractivity contribution in [2.75, 3.05) is 19.1 Å². The standard InChI is InChI=1S/C18H23ClO2/c1-2-20-17-11-12-18(16-10-6-5-9-15(16)17)21-14-8-4-3-7-13-19/h5-6,9-12H,2-4,7-8,13-14H2,1H3. The van der Waals surface area contributed by atoms with Crippen LogP contribution in [0.2, 0.25) is 0 Å². The highest BCUT2D eigenvalue weighted by Crippen LogP contribution is 2.33. The first-order valence-electron chi connectivity index (χ1n) is 7.70. The third-order valence-corrected chi connectivity index (χ3v) is 3.70. The van der Waals surface area contributed by atoms with Gasteiger partial charge in [0.1, 0.15) is 11.5 Å². The van der Waals surface area contributed by atoms with Crippen molar-refractivity contribution < 1.29 is 9.47 Å². The third kappa shape index (κ3) is 4.53. The molecule has 0 aliphatic heterocycles. The van der Waals surface area contributed by atoms with Gasteiger partial charge >= 0.3 is 0 Å². The Morgan fingerprint density at radius 3 is 2.05 bits per heavy atom. The van der Waals surface area contributed by atoms with Gasteiger partial charge in [0.15, 0.2) is 0 Å². The Bertz CT molecular complexity index is 554. The molecule has 0 aliphatic carbocycles. The van der Waals surface area contributed by atoms with E-state index in [2.05, 4.69) is 12.1 Å². The van der Waals surface area contributed by atoms with Gasteiger partial charge in [-0.15, -0.1) is 11.6 Å². The molecule has 0 heterocycles. The summed E-state index contributed by atoms with van der Waals surface area (Å²) < 4.78 is 11.6. The van der Waals surface area contributed by atoms with Crippen LogP contribution in [0.25, 0.3) is 10.8 Å². The van der Waals surface area contributed by atoms with Crippen LogP contribution in [0.3, 0.4) is 0 Å². The van der Waals surface area contributed by atoms with Crippen LogP contribution in [0.1, 0.15) is 32.6 Å². The summed E-state index contributed by atoms with van der Waals surface area (Å²) >= 11 is 5.67. The number of hydrogen-bond donors (Lipinski definition) is 0. The molecule has 0 saturated carbocycles. The molecule has 3 heteroatoms. The highest BCUT2D eigenvalue weighted by molar-refractivity contribution is 6.17. The predicted octanol–water partition coefficient (Wildman–Crippen LogP) is 5.42. The summed E-state index contributed by atoms with van der Waals surface area (Å²) in [5.41, 5.74) is 0. The molecule has 0 radical (unpaired) electrons. The first kappa shape index (κ1) is 16.0. The second-order valence-electron chi connectivity index (χ2n) is 4.99. The maximum absolute atomic E-state index is 5.94. The maximum atomic E-state index is 5.94. The molecule has 0 atom stereocenters. The second-order valence-corrected chi connectivity index (χ2v) is 5.37. The molecule has 0 fully saturated rings. The van der Waals surface area contributed by atoms with Crippen molar-refractivity contribution in [3.63, 3.8) is 0 Å². The number of halogens is 1. The number of unbranched alkanes of at least 4 members (excludes halogenated alkanes) is 3. The average molecular weight is 307 g/mol. The Morgan fingerprint density at radius 2 is 1.43 bits per heavy atom. The smallest absolute Gasteiger partial charge is 0.127 e. The average Bonchev–Trinajstić information content (AvgIpc) is 2.52. The fourth-order valence-electron chi connectivity index (χ4n) is 2.38. The van der Waals surface area contributed by atoms with E-state index < -0.39 is 0 Å². The molecular formula is C18H23ClO2. The zero-order valence-corrected chi connectivity index (χ0v) is 13.4. The van der Waals surface area contributed by atoms with Crippen molar-refractivity contribution in [1.82, 2.24) is 0 Å². The van der Waals surface area contributed by atoms with E-state index in [1.807, 2.05) is 31.2 Å². The molecule has 2 rings (SSSR count). The normalized spacial score (nSPS) is 10.8. The highest BCUT2D eigenvalue weighted by Gasteiger charge is 2.07. The van der Waals surface area contributed by atoms with Gasteiger partial charge in [0.2, 0.25) is 0 Å². The van der Waals surface area contributed by atoms with Crippen LogP contribution in [0.4, 0.5) is 0 Å². The number of alkyl halides is 1. The summed E-state index contributed by atoms with van der Waals surface area (Å²) in [6, 6.07) is 12.2. The molecular weight excluding hydrogens is 284 g/mol. The van der Waals surface area contributed by atoms with Gasteiger partial charge < -0.3 is 9.47 Å². The van der Waals surface area contributed by atoms with Crippen molar-refractivity contribution >= 4 is 22.4 Å². The van der Waals surface area contributed by atoms with Gasteiger partial charge in [0.05, 0.1) is 13.2 Å². The van der Waals surface area contributed by atoms with Gasteiger partial charge in [-0.2, -0.15) is 0 Å². The molecule has 0 unspecified atom stereocenters. The van der Waals surface area contributed by atoms with E-state index in [-0.39, 0.29) is 0 Å². The van der Waals surface area contributed by atoms with Crippen molar-refractivity contribution in [3.8, 4) is 11.5 Å². The number of fused-ring (bicyclic) bond motifs is 1. The zero-order valence-electron chi connectivity index (χ0n) is 12.6. The maximum Gasteiger partial charge on any atom is 0.127 e. The molecule has 2 nitrogen and oxygen atoms in total. The van der Waals surface area contributed by atoms with Gasteiger partial charge in [-0.3, -0.25) is 0 Å². The topological polar surface area (TPSA) is 18.5 Å². The second kappa shape index (κ2) is 8.78. The molecule has 0 saturated heterocycles. The zero-order chi connectivity index (χ0) is 14.9. The monoisotopic (exact) mass is 306 g/mol. The van der Waals surface area contributed by atoms with E-state index >= 15 is 0 Å². The van der Waals surface area contributed by atoms with E-state index in [0.717, 1.165) is 47.6 Å². The fraction of sp³-hybridized carbons (Fsp3) is 0.444. The molecule has 0 aromatic heterocycles. The Morgan fingerprint density at radius 1 is 0.810 bits per heavy atom. The first-order chi connectivity index (χ1) is 10.4. The molecule has 21 heavy (non-hydrogen) atoms. The number of ether oxygens (including phenoxy) is 2. The highest BCUT2D eigenvalue weighted by atomic mass is 35.5. The van der Waals surface area contributed by atoms with E-state index in [0.29, 0.717) is 6.61 Å². The predicted molar refractivity (Wildman–Crippen MR) is 89.8 cm³/mol. The summed E-state index contributed by atoms with van der Waals surface area (Å²) in [4.78, 5) is 0. The lowest BCUT2D eigenvalue weighted by Crippen LogP contribution is -1.99. The first-order valence-corrected chi connectivity index (χ1v) is 8.23. The van der Waals surface area contributed by atoms with Crippen LogP contribution in [-0.2, 0) is 0 Å². The van der Waals surface area contributed by atoms with Gasteiger partial charge in [0.25, 0.3) is 0 Å². The Kier molecular flexibility index (Phi) is 6.68. The molecule has 2 aromatic rings. The quantitative estimate of drug-likeness (QED) is 0.455. The van der Waals surface area contributed by atoms with Crippen molar-refractivity contribution in [1.29, 1.82) is 0 Å². The SMILES string of the molecule is CCOc1ccc(OCCCCCCCl)c2ccccc12. The summed E-state index contributed by atoms with van der Waals surface area (Å²) in [6.07, 6.45) is 4.50. The van der Waals surface area contributed by atoms with Gasteiger partial charge in [-0.1, -0.05) is 37.1 Å². The Labute approximate surface area is 132 Å². The molecule has 2 aromatic carbocycles. The van der Waals surface area contributed by atoms with E-state index in [1.54, 1.807) is 0 Å². The molecule has 0 spiro atoms. The van der Waals surface area contributed by atoms with Crippen LogP contribution in [0, 0.1) is 0 Å². The van der Waals surface area contributed by atoms with Gasteiger partial charge in [-0.05, 0) is 31.9 Å². The lowest BCUT2D eigenvalue weighted by Gasteiger charge is -2.12. The lowest BCUT2D eigenvalue weighted by atomic mass is 10.1. The minimum Gasteiger partial charge on any atom is -0.493 e. The van der Waals surface area contributed by atoms with Gasteiger partial charge in [-0.25, -0.2) is 0 Å². The number of benzene rings is 2. The molecule has 0 amide bonds. The molecule has 114 valence electrons. The van der Waals surface area contributed by atoms with Crippen LogP contribution < -0.4 is 9.47 Å². The summed E-state index contributed by atoms with van der Waals surface area (Å²) in [5, 5.41) is 2.23. The third-order valence-electron chi connectivity index (χ3n) is 3.43. The molecule has 0 aliphatic rings. The minimum atomic E-state index is 0.671. The number of rotatable bonds is 9. The largest absolute Gasteiger partial charge is 0.493 e. The van der Waals surface area contributed by atoms with Crippen LogP contribution in [-0.4, -0.2) is 19.1 Å². The van der Waals surface area contributed by atoms with E-state index in [4.69, 9.17) is 21.1 Å². The fourth-order valence-corrected chi connectivity index (χ4v) is 2.57. The minimum absolute atomic E-state index is 0.671. The van der Waals surface area contributed by atoms with Crippen LogP contribution >= 0.6 is 11.6 Å². The van der Waals surface area contributed by atoms with Crippen LogP contribution in [0.5, 0.6) is 11.5 Å². The van der Waals surface area contributed by atoms with Crippen LogP contribution in [0.15, 0.2) is 36.4 Å². The molecule has 0 N–H and O–H groups in total. The number of hydrogen-bond acceptors (Lipinski definition) is 2. The van der Waals surface area contributed by atoms with Crippen molar-refractivity contribution in [2.45, 2.75) is 32.6 Å². The summed E-state index contributed by atoms with van der Waals surface area (Å²) in [5.74, 6) is 2.61. The summed E-state index contributed by atoms with van der Waals surface area (Å²) in [6.45, 7) is 3.42.